The normalized spacial score (nSPS) is 29.7. The lowest BCUT2D eigenvalue weighted by Crippen LogP contribution is -2.16. The van der Waals surface area contributed by atoms with Gasteiger partial charge in [-0.15, -0.1) is 0 Å². The maximum absolute atomic E-state index is 12.1. The van der Waals surface area contributed by atoms with Crippen LogP contribution in [0, 0.1) is 24.7 Å². The van der Waals surface area contributed by atoms with Crippen LogP contribution in [0.5, 0.6) is 0 Å². The van der Waals surface area contributed by atoms with E-state index >= 15 is 0 Å². The lowest BCUT2D eigenvalue weighted by Gasteiger charge is -2.20. The number of ketones is 1. The molecule has 96 valence electrons. The monoisotopic (exact) mass is 243 g/mol. The molecule has 1 heterocycles. The van der Waals surface area contributed by atoms with Crippen molar-refractivity contribution < 1.29 is 4.79 Å². The molecule has 0 aliphatic heterocycles. The van der Waals surface area contributed by atoms with Gasteiger partial charge in [-0.25, -0.2) is 0 Å². The van der Waals surface area contributed by atoms with Crippen molar-refractivity contribution in [3.05, 3.63) is 29.6 Å². The maximum Gasteiger partial charge on any atom is 0.139 e. The molecule has 18 heavy (non-hydrogen) atoms. The third-order valence-electron chi connectivity index (χ3n) is 4.73. The zero-order valence-corrected chi connectivity index (χ0v) is 11.1. The summed E-state index contributed by atoms with van der Waals surface area (Å²) in [5.74, 6) is 2.85. The van der Waals surface area contributed by atoms with Gasteiger partial charge in [0, 0.05) is 24.7 Å². The second kappa shape index (κ2) is 4.83. The molecule has 2 bridgehead atoms. The van der Waals surface area contributed by atoms with Crippen LogP contribution in [0.1, 0.15) is 43.4 Å². The fraction of sp³-hybridized carbons (Fsp3) is 0.625. The van der Waals surface area contributed by atoms with Gasteiger partial charge in [-0.3, -0.25) is 9.78 Å². The first kappa shape index (κ1) is 11.9. The van der Waals surface area contributed by atoms with Crippen LogP contribution in [0.4, 0.5) is 0 Å². The lowest BCUT2D eigenvalue weighted by atomic mass is 9.84. The number of carbonyl (C=O) groups excluding carboxylic acids is 1. The average molecular weight is 243 g/mol. The van der Waals surface area contributed by atoms with E-state index in [9.17, 15) is 4.79 Å². The summed E-state index contributed by atoms with van der Waals surface area (Å²) in [5.41, 5.74) is 2.08. The quantitative estimate of drug-likeness (QED) is 0.812. The molecule has 3 atom stereocenters. The van der Waals surface area contributed by atoms with E-state index in [1.165, 1.54) is 25.7 Å². The summed E-state index contributed by atoms with van der Waals surface area (Å²) in [6, 6.07) is 4.02. The van der Waals surface area contributed by atoms with Crippen LogP contribution in [0.3, 0.4) is 0 Å². The number of nitrogens with zero attached hydrogens (tertiary/aromatic N) is 1. The standard InChI is InChI=1S/C16H21NO/c1-11-2-5-15(17-10-11)9-16(18)8-14-7-12-3-4-13(14)6-12/h2,5,10,12-14H,3-4,6-9H2,1H3. The number of hydrogen-bond acceptors (Lipinski definition) is 2. The van der Waals surface area contributed by atoms with Crippen LogP contribution in [-0.2, 0) is 11.2 Å². The number of hydrogen-bond donors (Lipinski definition) is 0. The van der Waals surface area contributed by atoms with E-state index in [4.69, 9.17) is 0 Å². The molecule has 3 unspecified atom stereocenters. The lowest BCUT2D eigenvalue weighted by molar-refractivity contribution is -0.119. The van der Waals surface area contributed by atoms with Crippen molar-refractivity contribution in [2.75, 3.05) is 0 Å². The third kappa shape index (κ3) is 2.47. The van der Waals surface area contributed by atoms with Crippen molar-refractivity contribution in [1.29, 1.82) is 0 Å². The molecule has 0 radical (unpaired) electrons. The van der Waals surface area contributed by atoms with E-state index in [1.54, 1.807) is 0 Å². The number of pyridine rings is 1. The van der Waals surface area contributed by atoms with Crippen LogP contribution >= 0.6 is 0 Å². The Morgan fingerprint density at radius 1 is 1.33 bits per heavy atom. The van der Waals surface area contributed by atoms with Crippen LogP contribution in [0.15, 0.2) is 18.3 Å². The average Bonchev–Trinajstić information content (AvgIpc) is 2.94. The highest BCUT2D eigenvalue weighted by Crippen LogP contribution is 2.49. The molecule has 0 spiro atoms. The van der Waals surface area contributed by atoms with Gasteiger partial charge >= 0.3 is 0 Å². The molecule has 0 saturated heterocycles. The van der Waals surface area contributed by atoms with Crippen LogP contribution in [0.25, 0.3) is 0 Å². The number of carbonyl (C=O) groups is 1. The fourth-order valence-corrected chi connectivity index (χ4v) is 3.80. The smallest absolute Gasteiger partial charge is 0.139 e. The zero-order valence-electron chi connectivity index (χ0n) is 11.1. The van der Waals surface area contributed by atoms with Gasteiger partial charge < -0.3 is 0 Å². The maximum atomic E-state index is 12.1. The SMILES string of the molecule is Cc1ccc(CC(=O)CC2CC3CCC2C3)nc1. The summed E-state index contributed by atoms with van der Waals surface area (Å²) in [4.78, 5) is 16.4. The number of aryl methyl sites for hydroxylation is 1. The van der Waals surface area contributed by atoms with Gasteiger partial charge in [-0.1, -0.05) is 12.5 Å². The number of fused-ring (bicyclic) bond motifs is 2. The van der Waals surface area contributed by atoms with Crippen LogP contribution in [-0.4, -0.2) is 10.8 Å². The summed E-state index contributed by atoms with van der Waals surface area (Å²) in [6.45, 7) is 2.02. The highest BCUT2D eigenvalue weighted by atomic mass is 16.1. The Morgan fingerprint density at radius 3 is 2.83 bits per heavy atom. The number of aromatic nitrogens is 1. The van der Waals surface area contributed by atoms with Crippen molar-refractivity contribution in [1.82, 2.24) is 4.98 Å². The molecule has 1 aromatic heterocycles. The Balaban J connectivity index is 1.54. The first-order chi connectivity index (χ1) is 8.70. The second-order valence-electron chi connectivity index (χ2n) is 6.18. The minimum Gasteiger partial charge on any atom is -0.299 e. The van der Waals surface area contributed by atoms with Crippen LogP contribution < -0.4 is 0 Å². The van der Waals surface area contributed by atoms with E-state index in [2.05, 4.69) is 4.98 Å². The minimum atomic E-state index is 0.379. The molecule has 0 N–H and O–H groups in total. The Hall–Kier alpha value is -1.18. The summed E-state index contributed by atoms with van der Waals surface area (Å²) in [7, 11) is 0. The van der Waals surface area contributed by atoms with Crippen molar-refractivity contribution in [2.45, 2.75) is 45.4 Å². The van der Waals surface area contributed by atoms with E-state index in [1.807, 2.05) is 25.3 Å². The molecule has 2 saturated carbocycles. The zero-order chi connectivity index (χ0) is 12.5. The number of Topliss-reactive ketones (excluding diaryl/α,β-unsaturated/α-hetero) is 1. The van der Waals surface area contributed by atoms with Gasteiger partial charge in [0.1, 0.15) is 5.78 Å². The van der Waals surface area contributed by atoms with Crippen LogP contribution in [0.2, 0.25) is 0 Å². The Bertz CT molecular complexity index is 437. The Morgan fingerprint density at radius 2 is 2.22 bits per heavy atom. The summed E-state index contributed by atoms with van der Waals surface area (Å²) >= 11 is 0. The van der Waals surface area contributed by atoms with E-state index in [-0.39, 0.29) is 0 Å². The molecule has 2 fully saturated rings. The van der Waals surface area contributed by atoms with Crippen molar-refractivity contribution in [2.24, 2.45) is 17.8 Å². The summed E-state index contributed by atoms with van der Waals surface area (Å²) in [5, 5.41) is 0. The Labute approximate surface area is 109 Å². The first-order valence-corrected chi connectivity index (χ1v) is 7.14. The van der Waals surface area contributed by atoms with E-state index in [0.717, 1.165) is 29.5 Å². The fourth-order valence-electron chi connectivity index (χ4n) is 3.80. The molecule has 2 nitrogen and oxygen atoms in total. The molecular formula is C16H21NO. The van der Waals surface area contributed by atoms with Gasteiger partial charge in [-0.2, -0.15) is 0 Å². The van der Waals surface area contributed by atoms with E-state index < -0.39 is 0 Å². The molecule has 0 amide bonds. The van der Waals surface area contributed by atoms with Gasteiger partial charge in [-0.05, 0) is 55.6 Å². The largest absolute Gasteiger partial charge is 0.299 e. The van der Waals surface area contributed by atoms with Gasteiger partial charge in [0.15, 0.2) is 0 Å². The third-order valence-corrected chi connectivity index (χ3v) is 4.73. The molecule has 1 aromatic rings. The highest BCUT2D eigenvalue weighted by Gasteiger charge is 2.39. The predicted molar refractivity (Wildman–Crippen MR) is 71.2 cm³/mol. The number of rotatable bonds is 4. The molecule has 2 heteroatoms. The summed E-state index contributed by atoms with van der Waals surface area (Å²) in [6.07, 6.45) is 8.63. The molecule has 0 aromatic carbocycles. The van der Waals surface area contributed by atoms with Gasteiger partial charge in [0.25, 0.3) is 0 Å². The predicted octanol–water partition coefficient (Wildman–Crippen LogP) is 3.33. The highest BCUT2D eigenvalue weighted by molar-refractivity contribution is 5.80. The van der Waals surface area contributed by atoms with Crippen molar-refractivity contribution in [3.8, 4) is 0 Å². The molecular weight excluding hydrogens is 222 g/mol. The molecule has 2 aliphatic carbocycles. The topological polar surface area (TPSA) is 30.0 Å². The molecule has 3 rings (SSSR count). The van der Waals surface area contributed by atoms with E-state index in [0.29, 0.717) is 18.1 Å². The Kier molecular flexibility index (Phi) is 3.19. The molecule has 2 aliphatic rings. The van der Waals surface area contributed by atoms with Gasteiger partial charge in [0.05, 0.1) is 0 Å². The van der Waals surface area contributed by atoms with Crippen molar-refractivity contribution in [3.63, 3.8) is 0 Å². The van der Waals surface area contributed by atoms with Crippen molar-refractivity contribution >= 4 is 5.78 Å². The minimum absolute atomic E-state index is 0.379. The summed E-state index contributed by atoms with van der Waals surface area (Å²) < 4.78 is 0. The second-order valence-corrected chi connectivity index (χ2v) is 6.18. The van der Waals surface area contributed by atoms with Gasteiger partial charge in [0.2, 0.25) is 0 Å². The first-order valence-electron chi connectivity index (χ1n) is 7.14.